The Bertz CT molecular complexity index is 901. The van der Waals surface area contributed by atoms with Gasteiger partial charge in [-0.15, -0.1) is 5.10 Å². The molecule has 0 atom stereocenters. The lowest BCUT2D eigenvalue weighted by Crippen LogP contribution is -2.06. The van der Waals surface area contributed by atoms with Crippen LogP contribution in [0.2, 0.25) is 0 Å². The van der Waals surface area contributed by atoms with Gasteiger partial charge in [0.05, 0.1) is 24.6 Å². The molecule has 0 saturated heterocycles. The number of nitrogens with one attached hydrogen (secondary N) is 2. The topological polar surface area (TPSA) is 72.0 Å². The van der Waals surface area contributed by atoms with Crippen LogP contribution >= 0.6 is 0 Å². The standard InChI is InChI=1S/C17H14F3N5O/c1-26-14-8-3-2-7-13(14)23-16-24-15(10-21-25-16)22-12-6-4-5-11(9-12)17(18,19)20/h2-10H,1H3,(H2,22,23,24,25). The minimum absolute atomic E-state index is 0.173. The number of benzene rings is 2. The molecule has 0 saturated carbocycles. The molecule has 1 heterocycles. The third kappa shape index (κ3) is 4.18. The summed E-state index contributed by atoms with van der Waals surface area (Å²) < 4.78 is 43.6. The summed E-state index contributed by atoms with van der Waals surface area (Å²) in [5, 5.41) is 13.4. The van der Waals surface area contributed by atoms with E-state index in [1.807, 2.05) is 12.1 Å². The van der Waals surface area contributed by atoms with Crippen molar-refractivity contribution in [3.63, 3.8) is 0 Å². The van der Waals surface area contributed by atoms with Crippen molar-refractivity contribution in [2.24, 2.45) is 0 Å². The lowest BCUT2D eigenvalue weighted by Gasteiger charge is -2.11. The molecule has 0 spiro atoms. The molecule has 0 aliphatic heterocycles. The Balaban J connectivity index is 1.80. The number of hydrogen-bond acceptors (Lipinski definition) is 6. The van der Waals surface area contributed by atoms with Crippen LogP contribution in [0.1, 0.15) is 5.56 Å². The Morgan fingerprint density at radius 3 is 2.58 bits per heavy atom. The number of halogens is 3. The minimum Gasteiger partial charge on any atom is -0.495 e. The van der Waals surface area contributed by atoms with E-state index < -0.39 is 11.7 Å². The Morgan fingerprint density at radius 1 is 1.00 bits per heavy atom. The Morgan fingerprint density at radius 2 is 1.81 bits per heavy atom. The predicted molar refractivity (Wildman–Crippen MR) is 90.8 cm³/mol. The molecule has 2 N–H and O–H groups in total. The molecule has 0 aliphatic rings. The Hall–Kier alpha value is -3.36. The van der Waals surface area contributed by atoms with Gasteiger partial charge < -0.3 is 15.4 Å². The van der Waals surface area contributed by atoms with E-state index in [-0.39, 0.29) is 17.5 Å². The van der Waals surface area contributed by atoms with Gasteiger partial charge in [0.25, 0.3) is 0 Å². The second kappa shape index (κ2) is 7.26. The zero-order chi connectivity index (χ0) is 18.6. The normalized spacial score (nSPS) is 11.1. The molecule has 1 aromatic heterocycles. The number of rotatable bonds is 5. The smallest absolute Gasteiger partial charge is 0.416 e. The number of methoxy groups -OCH3 is 1. The molecule has 0 fully saturated rings. The lowest BCUT2D eigenvalue weighted by molar-refractivity contribution is -0.137. The molecule has 0 aliphatic carbocycles. The third-order valence-electron chi connectivity index (χ3n) is 3.37. The molecule has 0 radical (unpaired) electrons. The van der Waals surface area contributed by atoms with Crippen LogP contribution in [-0.4, -0.2) is 22.3 Å². The van der Waals surface area contributed by atoms with Gasteiger partial charge in [-0.2, -0.15) is 23.3 Å². The molecule has 3 rings (SSSR count). The molecule has 2 aromatic carbocycles. The number of aromatic nitrogens is 3. The maximum Gasteiger partial charge on any atom is 0.416 e. The van der Waals surface area contributed by atoms with E-state index in [0.717, 1.165) is 12.1 Å². The van der Waals surface area contributed by atoms with Crippen molar-refractivity contribution in [1.82, 2.24) is 15.2 Å². The van der Waals surface area contributed by atoms with Crippen molar-refractivity contribution in [1.29, 1.82) is 0 Å². The zero-order valence-corrected chi connectivity index (χ0v) is 13.6. The molecular formula is C17H14F3N5O. The average molecular weight is 361 g/mol. The Labute approximate surface area is 147 Å². The summed E-state index contributed by atoms with van der Waals surface area (Å²) in [6, 6.07) is 12.0. The fourth-order valence-corrected chi connectivity index (χ4v) is 2.21. The monoisotopic (exact) mass is 361 g/mol. The molecule has 6 nitrogen and oxygen atoms in total. The highest BCUT2D eigenvalue weighted by molar-refractivity contribution is 5.63. The number of hydrogen-bond donors (Lipinski definition) is 2. The second-order valence-electron chi connectivity index (χ2n) is 5.19. The molecule has 3 aromatic rings. The summed E-state index contributed by atoms with van der Waals surface area (Å²) in [5.41, 5.74) is 0.119. The molecular weight excluding hydrogens is 347 g/mol. The van der Waals surface area contributed by atoms with Gasteiger partial charge in [0.2, 0.25) is 5.95 Å². The summed E-state index contributed by atoms with van der Waals surface area (Å²) in [7, 11) is 1.53. The third-order valence-corrected chi connectivity index (χ3v) is 3.37. The van der Waals surface area contributed by atoms with Crippen LogP contribution < -0.4 is 15.4 Å². The van der Waals surface area contributed by atoms with Crippen LogP contribution in [0.4, 0.5) is 36.3 Å². The van der Waals surface area contributed by atoms with Gasteiger partial charge in [-0.25, -0.2) is 0 Å². The van der Waals surface area contributed by atoms with Crippen molar-refractivity contribution in [2.75, 3.05) is 17.7 Å². The first-order valence-corrected chi connectivity index (χ1v) is 7.50. The molecule has 0 amide bonds. The molecule has 0 unspecified atom stereocenters. The number of anilines is 4. The first-order chi connectivity index (χ1) is 12.5. The molecule has 26 heavy (non-hydrogen) atoms. The Kier molecular flexibility index (Phi) is 4.87. The largest absolute Gasteiger partial charge is 0.495 e. The summed E-state index contributed by atoms with van der Waals surface area (Å²) in [5.74, 6) is 1.01. The van der Waals surface area contributed by atoms with Crippen LogP contribution in [0, 0.1) is 0 Å². The first-order valence-electron chi connectivity index (χ1n) is 7.50. The summed E-state index contributed by atoms with van der Waals surface area (Å²) in [6.45, 7) is 0. The SMILES string of the molecule is COc1ccccc1Nc1nncc(Nc2cccc(C(F)(F)F)c2)n1. The van der Waals surface area contributed by atoms with Crippen molar-refractivity contribution < 1.29 is 17.9 Å². The predicted octanol–water partition coefficient (Wildman–Crippen LogP) is 4.39. The summed E-state index contributed by atoms with van der Waals surface area (Å²) in [4.78, 5) is 4.20. The highest BCUT2D eigenvalue weighted by Gasteiger charge is 2.30. The van der Waals surface area contributed by atoms with E-state index >= 15 is 0 Å². The second-order valence-corrected chi connectivity index (χ2v) is 5.19. The number of alkyl halides is 3. The van der Waals surface area contributed by atoms with Crippen LogP contribution in [0.3, 0.4) is 0 Å². The van der Waals surface area contributed by atoms with E-state index in [2.05, 4.69) is 25.8 Å². The highest BCUT2D eigenvalue weighted by Crippen LogP contribution is 2.31. The lowest BCUT2D eigenvalue weighted by atomic mass is 10.2. The first kappa shape index (κ1) is 17.5. The van der Waals surface area contributed by atoms with Crippen molar-refractivity contribution in [3.05, 3.63) is 60.3 Å². The summed E-state index contributed by atoms with van der Waals surface area (Å²) >= 11 is 0. The maximum atomic E-state index is 12.8. The zero-order valence-electron chi connectivity index (χ0n) is 13.6. The summed E-state index contributed by atoms with van der Waals surface area (Å²) in [6.07, 6.45) is -3.11. The minimum atomic E-state index is -4.42. The average Bonchev–Trinajstić information content (AvgIpc) is 2.62. The van der Waals surface area contributed by atoms with E-state index in [1.165, 1.54) is 25.4 Å². The fourth-order valence-electron chi connectivity index (χ4n) is 2.21. The van der Waals surface area contributed by atoms with Crippen LogP contribution in [0.25, 0.3) is 0 Å². The van der Waals surface area contributed by atoms with E-state index in [4.69, 9.17) is 4.74 Å². The molecule has 9 heteroatoms. The van der Waals surface area contributed by atoms with Gasteiger partial charge in [-0.05, 0) is 30.3 Å². The van der Waals surface area contributed by atoms with Crippen molar-refractivity contribution in [2.45, 2.75) is 6.18 Å². The number of nitrogens with zero attached hydrogens (tertiary/aromatic N) is 3. The van der Waals surface area contributed by atoms with Crippen LogP contribution in [0.15, 0.2) is 54.7 Å². The van der Waals surface area contributed by atoms with Crippen LogP contribution in [0.5, 0.6) is 5.75 Å². The fraction of sp³-hybridized carbons (Fsp3) is 0.118. The number of ether oxygens (including phenoxy) is 1. The number of para-hydroxylation sites is 2. The van der Waals surface area contributed by atoms with Gasteiger partial charge >= 0.3 is 6.18 Å². The van der Waals surface area contributed by atoms with Crippen molar-refractivity contribution >= 4 is 23.1 Å². The van der Waals surface area contributed by atoms with Gasteiger partial charge in [-0.3, -0.25) is 0 Å². The van der Waals surface area contributed by atoms with Gasteiger partial charge in [0.1, 0.15) is 5.75 Å². The van der Waals surface area contributed by atoms with Gasteiger partial charge in [0.15, 0.2) is 5.82 Å². The van der Waals surface area contributed by atoms with E-state index in [9.17, 15) is 13.2 Å². The maximum absolute atomic E-state index is 12.8. The van der Waals surface area contributed by atoms with Gasteiger partial charge in [0, 0.05) is 5.69 Å². The molecule has 0 bridgehead atoms. The van der Waals surface area contributed by atoms with Crippen molar-refractivity contribution in [3.8, 4) is 5.75 Å². The van der Waals surface area contributed by atoms with E-state index in [0.29, 0.717) is 11.4 Å². The van der Waals surface area contributed by atoms with E-state index in [1.54, 1.807) is 12.1 Å². The van der Waals surface area contributed by atoms with Gasteiger partial charge in [-0.1, -0.05) is 18.2 Å². The quantitative estimate of drug-likeness (QED) is 0.702. The van der Waals surface area contributed by atoms with Crippen LogP contribution in [-0.2, 0) is 6.18 Å². The highest BCUT2D eigenvalue weighted by atomic mass is 19.4. The molecule has 134 valence electrons.